The predicted octanol–water partition coefficient (Wildman–Crippen LogP) is 2.86. The Morgan fingerprint density at radius 2 is 1.81 bits per heavy atom. The van der Waals surface area contributed by atoms with Gasteiger partial charge in [0.05, 0.1) is 25.8 Å². The first-order valence-corrected chi connectivity index (χ1v) is 9.89. The minimum Gasteiger partial charge on any atom is -0.497 e. The first kappa shape index (κ1) is 22.1. The van der Waals surface area contributed by atoms with Crippen LogP contribution in [0.1, 0.15) is 17.5 Å². The zero-order chi connectivity index (χ0) is 22.5. The van der Waals surface area contributed by atoms with Crippen molar-refractivity contribution in [1.29, 1.82) is 0 Å². The zero-order valence-electron chi connectivity index (χ0n) is 18.1. The summed E-state index contributed by atoms with van der Waals surface area (Å²) < 4.78 is 15.5. The molecule has 0 radical (unpaired) electrons. The van der Waals surface area contributed by atoms with Crippen LogP contribution in [0.5, 0.6) is 11.5 Å². The number of amides is 2. The largest absolute Gasteiger partial charge is 0.497 e. The normalized spacial score (nSPS) is 15.5. The highest BCUT2D eigenvalue weighted by atomic mass is 16.5. The Hall–Kier alpha value is -3.55. The van der Waals surface area contributed by atoms with Crippen LogP contribution in [0.25, 0.3) is 0 Å². The number of nitrogens with zero attached hydrogens (tertiary/aromatic N) is 1. The average Bonchev–Trinajstić information content (AvgIpc) is 3.13. The van der Waals surface area contributed by atoms with Crippen LogP contribution in [-0.4, -0.2) is 45.2 Å². The molecular formula is C23H26N2O6. The van der Waals surface area contributed by atoms with Gasteiger partial charge in [0.15, 0.2) is 6.61 Å². The number of hydrogen-bond acceptors (Lipinski definition) is 6. The summed E-state index contributed by atoms with van der Waals surface area (Å²) in [5.74, 6) is -0.821. The molecule has 31 heavy (non-hydrogen) atoms. The molecule has 8 nitrogen and oxygen atoms in total. The summed E-state index contributed by atoms with van der Waals surface area (Å²) in [5.41, 5.74) is 3.19. The summed E-state index contributed by atoms with van der Waals surface area (Å²) in [4.78, 5) is 38.9. The summed E-state index contributed by atoms with van der Waals surface area (Å²) in [6.45, 7) is 3.64. The van der Waals surface area contributed by atoms with Crippen LogP contribution in [0.15, 0.2) is 36.4 Å². The van der Waals surface area contributed by atoms with Crippen molar-refractivity contribution >= 4 is 29.2 Å². The molecule has 1 N–H and O–H groups in total. The van der Waals surface area contributed by atoms with E-state index in [1.165, 1.54) is 14.2 Å². The lowest BCUT2D eigenvalue weighted by Crippen LogP contribution is -2.29. The van der Waals surface area contributed by atoms with Gasteiger partial charge in [0.25, 0.3) is 5.91 Å². The fourth-order valence-electron chi connectivity index (χ4n) is 3.66. The topological polar surface area (TPSA) is 94.2 Å². The maximum atomic E-state index is 12.5. The van der Waals surface area contributed by atoms with E-state index in [1.54, 1.807) is 23.1 Å². The van der Waals surface area contributed by atoms with E-state index in [2.05, 4.69) is 5.32 Å². The number of esters is 1. The van der Waals surface area contributed by atoms with Crippen molar-refractivity contribution in [3.05, 3.63) is 47.5 Å². The van der Waals surface area contributed by atoms with Crippen molar-refractivity contribution in [3.8, 4) is 11.5 Å². The second-order valence-electron chi connectivity index (χ2n) is 7.37. The minimum absolute atomic E-state index is 0.0561. The quantitative estimate of drug-likeness (QED) is 0.685. The Kier molecular flexibility index (Phi) is 6.79. The van der Waals surface area contributed by atoms with E-state index in [0.29, 0.717) is 17.2 Å². The summed E-state index contributed by atoms with van der Waals surface area (Å²) in [6, 6.07) is 10.7. The standard InChI is InChI=1S/C23H26N2O6/c1-14-6-5-7-15(2)22(14)25-12-16(10-21(25)27)23(28)31-13-20(26)24-18-9-8-17(29-3)11-19(18)30-4/h5-9,11,16H,10,12-13H2,1-4H3,(H,24,26)/t16-/m1/s1. The lowest BCUT2D eigenvalue weighted by molar-refractivity contribution is -0.151. The van der Waals surface area contributed by atoms with Crippen molar-refractivity contribution < 1.29 is 28.6 Å². The third-order valence-corrected chi connectivity index (χ3v) is 5.20. The Balaban J connectivity index is 1.58. The van der Waals surface area contributed by atoms with Crippen molar-refractivity contribution in [2.45, 2.75) is 20.3 Å². The SMILES string of the molecule is COc1ccc(NC(=O)COC(=O)[C@@H]2CC(=O)N(c3c(C)cccc3C)C2)c(OC)c1. The first-order valence-electron chi connectivity index (χ1n) is 9.89. The van der Waals surface area contributed by atoms with Crippen LogP contribution in [0.3, 0.4) is 0 Å². The van der Waals surface area contributed by atoms with Gasteiger partial charge >= 0.3 is 5.97 Å². The molecule has 1 aliphatic heterocycles. The van der Waals surface area contributed by atoms with E-state index >= 15 is 0 Å². The summed E-state index contributed by atoms with van der Waals surface area (Å²) in [5, 5.41) is 2.64. The van der Waals surface area contributed by atoms with Gasteiger partial charge in [-0.1, -0.05) is 18.2 Å². The molecule has 0 saturated carbocycles. The Labute approximate surface area is 181 Å². The molecule has 0 aromatic heterocycles. The number of rotatable bonds is 7. The van der Waals surface area contributed by atoms with Gasteiger partial charge in [-0.25, -0.2) is 0 Å². The third-order valence-electron chi connectivity index (χ3n) is 5.20. The molecule has 1 aliphatic rings. The number of para-hydroxylation sites is 1. The van der Waals surface area contributed by atoms with Crippen LogP contribution < -0.4 is 19.7 Å². The Morgan fingerprint density at radius 1 is 1.10 bits per heavy atom. The van der Waals surface area contributed by atoms with Gasteiger partial charge in [-0.15, -0.1) is 0 Å². The van der Waals surface area contributed by atoms with E-state index in [-0.39, 0.29) is 18.9 Å². The van der Waals surface area contributed by atoms with Crippen LogP contribution >= 0.6 is 0 Å². The highest BCUT2D eigenvalue weighted by Gasteiger charge is 2.37. The number of hydrogen-bond donors (Lipinski definition) is 1. The molecule has 3 rings (SSSR count). The second kappa shape index (κ2) is 9.51. The molecule has 2 aromatic rings. The minimum atomic E-state index is -0.616. The van der Waals surface area contributed by atoms with Crippen molar-refractivity contribution in [1.82, 2.24) is 0 Å². The molecule has 0 unspecified atom stereocenters. The lowest BCUT2D eigenvalue weighted by atomic mass is 10.1. The maximum Gasteiger partial charge on any atom is 0.311 e. The van der Waals surface area contributed by atoms with Gasteiger partial charge in [0.1, 0.15) is 11.5 Å². The van der Waals surface area contributed by atoms with Gasteiger partial charge in [-0.2, -0.15) is 0 Å². The van der Waals surface area contributed by atoms with Gasteiger partial charge in [0, 0.05) is 24.7 Å². The molecule has 8 heteroatoms. The predicted molar refractivity (Wildman–Crippen MR) is 116 cm³/mol. The van der Waals surface area contributed by atoms with Gasteiger partial charge < -0.3 is 24.4 Å². The maximum absolute atomic E-state index is 12.5. The smallest absolute Gasteiger partial charge is 0.311 e. The molecule has 2 aromatic carbocycles. The number of carbonyl (C=O) groups excluding carboxylic acids is 3. The van der Waals surface area contributed by atoms with Crippen LogP contribution in [0.2, 0.25) is 0 Å². The summed E-state index contributed by atoms with van der Waals surface area (Å²) in [7, 11) is 3.01. The number of aryl methyl sites for hydroxylation is 2. The molecule has 2 amide bonds. The molecule has 0 aliphatic carbocycles. The number of ether oxygens (including phenoxy) is 3. The fraction of sp³-hybridized carbons (Fsp3) is 0.348. The Bertz CT molecular complexity index is 983. The number of methoxy groups -OCH3 is 2. The van der Waals surface area contributed by atoms with Crippen molar-refractivity contribution in [3.63, 3.8) is 0 Å². The average molecular weight is 426 g/mol. The molecule has 0 spiro atoms. The molecule has 1 atom stereocenters. The number of anilines is 2. The molecular weight excluding hydrogens is 400 g/mol. The van der Waals surface area contributed by atoms with E-state index in [1.807, 2.05) is 32.0 Å². The summed E-state index contributed by atoms with van der Waals surface area (Å²) >= 11 is 0. The molecule has 1 fully saturated rings. The third kappa shape index (κ3) is 4.96. The van der Waals surface area contributed by atoms with Crippen LogP contribution in [-0.2, 0) is 19.1 Å². The number of carbonyl (C=O) groups is 3. The highest BCUT2D eigenvalue weighted by Crippen LogP contribution is 2.31. The first-order chi connectivity index (χ1) is 14.8. The van der Waals surface area contributed by atoms with Crippen molar-refractivity contribution in [2.24, 2.45) is 5.92 Å². The molecule has 164 valence electrons. The van der Waals surface area contributed by atoms with Gasteiger partial charge in [-0.3, -0.25) is 14.4 Å². The lowest BCUT2D eigenvalue weighted by Gasteiger charge is -2.21. The second-order valence-corrected chi connectivity index (χ2v) is 7.37. The molecule has 1 heterocycles. The van der Waals surface area contributed by atoms with Crippen LogP contribution in [0, 0.1) is 19.8 Å². The molecule has 0 bridgehead atoms. The fourth-order valence-corrected chi connectivity index (χ4v) is 3.66. The molecule has 1 saturated heterocycles. The van der Waals surface area contributed by atoms with E-state index < -0.39 is 24.4 Å². The zero-order valence-corrected chi connectivity index (χ0v) is 18.1. The van der Waals surface area contributed by atoms with Gasteiger partial charge in [-0.05, 0) is 37.1 Å². The van der Waals surface area contributed by atoms with E-state index in [0.717, 1.165) is 16.8 Å². The van der Waals surface area contributed by atoms with E-state index in [4.69, 9.17) is 14.2 Å². The van der Waals surface area contributed by atoms with Crippen LogP contribution in [0.4, 0.5) is 11.4 Å². The number of nitrogens with one attached hydrogen (secondary N) is 1. The number of benzene rings is 2. The Morgan fingerprint density at radius 3 is 2.45 bits per heavy atom. The summed E-state index contributed by atoms with van der Waals surface area (Å²) in [6.07, 6.45) is 0.0561. The van der Waals surface area contributed by atoms with E-state index in [9.17, 15) is 14.4 Å². The monoisotopic (exact) mass is 426 g/mol. The van der Waals surface area contributed by atoms with Crippen molar-refractivity contribution in [2.75, 3.05) is 37.6 Å². The highest BCUT2D eigenvalue weighted by molar-refractivity contribution is 6.01. The van der Waals surface area contributed by atoms with Gasteiger partial charge in [0.2, 0.25) is 5.91 Å².